The van der Waals surface area contributed by atoms with Crippen LogP contribution >= 0.6 is 0 Å². The number of carbonyl (C=O) groups is 1. The Labute approximate surface area is 76.9 Å². The van der Waals surface area contributed by atoms with Crippen molar-refractivity contribution in [2.24, 2.45) is 5.73 Å². The maximum absolute atomic E-state index is 11.0. The van der Waals surface area contributed by atoms with Crippen molar-refractivity contribution in [3.8, 4) is 0 Å². The number of rotatable bonds is 1. The first kappa shape index (κ1) is 8.26. The van der Waals surface area contributed by atoms with Crippen molar-refractivity contribution in [3.05, 3.63) is 35.9 Å². The number of hydrogen-bond donors (Lipinski definition) is 2. The Bertz CT molecular complexity index is 310. The van der Waals surface area contributed by atoms with Gasteiger partial charge >= 0.3 is 0 Å². The smallest absolute Gasteiger partial charge is 0.222 e. The van der Waals surface area contributed by atoms with E-state index in [-0.39, 0.29) is 18.0 Å². The van der Waals surface area contributed by atoms with Crippen LogP contribution in [0.2, 0.25) is 0 Å². The molecule has 0 saturated carbocycles. The lowest BCUT2D eigenvalue weighted by Crippen LogP contribution is -2.28. The van der Waals surface area contributed by atoms with Gasteiger partial charge in [-0.05, 0) is 5.56 Å². The van der Waals surface area contributed by atoms with Crippen molar-refractivity contribution in [1.29, 1.82) is 0 Å². The van der Waals surface area contributed by atoms with E-state index in [0.717, 1.165) is 5.56 Å². The van der Waals surface area contributed by atoms with Gasteiger partial charge in [-0.3, -0.25) is 4.79 Å². The molecule has 0 aromatic heterocycles. The second kappa shape index (κ2) is 3.18. The molecule has 0 aliphatic carbocycles. The van der Waals surface area contributed by atoms with Crippen molar-refractivity contribution in [1.82, 2.24) is 5.32 Å². The highest BCUT2D eigenvalue weighted by atomic mass is 16.2. The maximum atomic E-state index is 11.0. The summed E-state index contributed by atoms with van der Waals surface area (Å²) in [7, 11) is 0. The first-order valence-corrected chi connectivity index (χ1v) is 4.37. The number of carbonyl (C=O) groups excluding carboxylic acids is 1. The van der Waals surface area contributed by atoms with Gasteiger partial charge in [0.05, 0.1) is 6.04 Å². The highest BCUT2D eigenvalue weighted by Crippen LogP contribution is 2.22. The highest BCUT2D eigenvalue weighted by molar-refractivity contribution is 5.80. The van der Waals surface area contributed by atoms with Gasteiger partial charge < -0.3 is 11.1 Å². The molecule has 1 aromatic rings. The third kappa shape index (κ3) is 1.55. The predicted octanol–water partition coefficient (Wildman–Crippen LogP) is 0.575. The molecule has 0 radical (unpaired) electrons. The summed E-state index contributed by atoms with van der Waals surface area (Å²) < 4.78 is 0. The Morgan fingerprint density at radius 3 is 2.54 bits per heavy atom. The van der Waals surface area contributed by atoms with Crippen molar-refractivity contribution >= 4 is 5.91 Å². The SMILES string of the molecule is N[C@H]1CC(=O)NC1c1ccccc1. The molecule has 0 spiro atoms. The number of nitrogens with two attached hydrogens (primary N) is 1. The Hall–Kier alpha value is -1.35. The zero-order valence-electron chi connectivity index (χ0n) is 7.23. The van der Waals surface area contributed by atoms with Gasteiger partial charge in [-0.2, -0.15) is 0 Å². The van der Waals surface area contributed by atoms with Gasteiger partial charge in [0.2, 0.25) is 5.91 Å². The molecule has 13 heavy (non-hydrogen) atoms. The van der Waals surface area contributed by atoms with E-state index in [0.29, 0.717) is 6.42 Å². The van der Waals surface area contributed by atoms with Crippen LogP contribution in [0.1, 0.15) is 18.0 Å². The molecular formula is C10H12N2O. The molecule has 1 heterocycles. The number of hydrogen-bond acceptors (Lipinski definition) is 2. The molecule has 1 unspecified atom stereocenters. The molecule has 1 fully saturated rings. The minimum Gasteiger partial charge on any atom is -0.348 e. The molecule has 1 amide bonds. The van der Waals surface area contributed by atoms with Crippen molar-refractivity contribution < 1.29 is 4.79 Å². The van der Waals surface area contributed by atoms with E-state index in [9.17, 15) is 4.79 Å². The largest absolute Gasteiger partial charge is 0.348 e. The third-order valence-corrected chi connectivity index (χ3v) is 2.32. The average Bonchev–Trinajstić information content (AvgIpc) is 2.47. The summed E-state index contributed by atoms with van der Waals surface area (Å²) in [4.78, 5) is 11.0. The van der Waals surface area contributed by atoms with Crippen LogP contribution in [0.15, 0.2) is 30.3 Å². The third-order valence-electron chi connectivity index (χ3n) is 2.32. The van der Waals surface area contributed by atoms with Gasteiger partial charge in [0.1, 0.15) is 0 Å². The van der Waals surface area contributed by atoms with E-state index in [1.165, 1.54) is 0 Å². The normalized spacial score (nSPS) is 27.3. The van der Waals surface area contributed by atoms with Gasteiger partial charge in [0, 0.05) is 12.5 Å². The van der Waals surface area contributed by atoms with Gasteiger partial charge in [-0.15, -0.1) is 0 Å². The highest BCUT2D eigenvalue weighted by Gasteiger charge is 2.29. The van der Waals surface area contributed by atoms with Gasteiger partial charge in [-0.1, -0.05) is 30.3 Å². The predicted molar refractivity (Wildman–Crippen MR) is 49.9 cm³/mol. The second-order valence-electron chi connectivity index (χ2n) is 3.32. The number of benzene rings is 1. The summed E-state index contributed by atoms with van der Waals surface area (Å²) in [5.74, 6) is 0.0429. The van der Waals surface area contributed by atoms with E-state index in [4.69, 9.17) is 5.73 Å². The molecule has 1 saturated heterocycles. The molecule has 2 atom stereocenters. The molecule has 3 heteroatoms. The number of amides is 1. The van der Waals surface area contributed by atoms with Gasteiger partial charge in [0.15, 0.2) is 0 Å². The van der Waals surface area contributed by atoms with E-state index in [1.54, 1.807) is 0 Å². The van der Waals surface area contributed by atoms with Crippen molar-refractivity contribution in [3.63, 3.8) is 0 Å². The number of nitrogens with one attached hydrogen (secondary N) is 1. The Morgan fingerprint density at radius 2 is 2.00 bits per heavy atom. The fourth-order valence-corrected chi connectivity index (χ4v) is 1.66. The average molecular weight is 176 g/mol. The van der Waals surface area contributed by atoms with E-state index in [2.05, 4.69) is 5.32 Å². The Morgan fingerprint density at radius 1 is 1.31 bits per heavy atom. The summed E-state index contributed by atoms with van der Waals surface area (Å²) in [6.07, 6.45) is 0.430. The van der Waals surface area contributed by atoms with Crippen LogP contribution in [0.3, 0.4) is 0 Å². The Kier molecular flexibility index (Phi) is 2.02. The quantitative estimate of drug-likeness (QED) is 0.657. The molecule has 1 aliphatic heterocycles. The lowest BCUT2D eigenvalue weighted by atomic mass is 10.0. The lowest BCUT2D eigenvalue weighted by molar-refractivity contribution is -0.119. The molecule has 68 valence electrons. The summed E-state index contributed by atoms with van der Waals surface area (Å²) >= 11 is 0. The van der Waals surface area contributed by atoms with E-state index >= 15 is 0 Å². The first-order valence-electron chi connectivity index (χ1n) is 4.37. The minimum absolute atomic E-state index is 0.00583. The fraction of sp³-hybridized carbons (Fsp3) is 0.300. The maximum Gasteiger partial charge on any atom is 0.222 e. The van der Waals surface area contributed by atoms with Gasteiger partial charge in [-0.25, -0.2) is 0 Å². The molecule has 1 aliphatic rings. The topological polar surface area (TPSA) is 55.1 Å². The minimum atomic E-state index is -0.0881. The van der Waals surface area contributed by atoms with Crippen molar-refractivity contribution in [2.45, 2.75) is 18.5 Å². The molecule has 1 aromatic carbocycles. The zero-order chi connectivity index (χ0) is 9.26. The van der Waals surface area contributed by atoms with Crippen molar-refractivity contribution in [2.75, 3.05) is 0 Å². The zero-order valence-corrected chi connectivity index (χ0v) is 7.23. The van der Waals surface area contributed by atoms with Crippen LogP contribution in [0.25, 0.3) is 0 Å². The fourth-order valence-electron chi connectivity index (χ4n) is 1.66. The van der Waals surface area contributed by atoms with Crippen LogP contribution in [-0.4, -0.2) is 11.9 Å². The summed E-state index contributed by atoms with van der Waals surface area (Å²) in [5, 5.41) is 2.86. The van der Waals surface area contributed by atoms with Crippen LogP contribution < -0.4 is 11.1 Å². The Balaban J connectivity index is 2.23. The summed E-state index contributed by atoms with van der Waals surface area (Å²) in [6, 6.07) is 9.72. The van der Waals surface area contributed by atoms with Crippen LogP contribution in [-0.2, 0) is 4.79 Å². The monoisotopic (exact) mass is 176 g/mol. The molecule has 3 N–H and O–H groups in total. The molecular weight excluding hydrogens is 164 g/mol. The van der Waals surface area contributed by atoms with E-state index < -0.39 is 0 Å². The summed E-state index contributed by atoms with van der Waals surface area (Å²) in [6.45, 7) is 0. The van der Waals surface area contributed by atoms with Gasteiger partial charge in [0.25, 0.3) is 0 Å². The molecule has 3 nitrogen and oxygen atoms in total. The molecule has 2 rings (SSSR count). The summed E-state index contributed by atoms with van der Waals surface area (Å²) in [5.41, 5.74) is 6.90. The molecule has 0 bridgehead atoms. The van der Waals surface area contributed by atoms with Crippen LogP contribution in [0, 0.1) is 0 Å². The van der Waals surface area contributed by atoms with E-state index in [1.807, 2.05) is 30.3 Å². The second-order valence-corrected chi connectivity index (χ2v) is 3.32. The first-order chi connectivity index (χ1) is 6.27. The van der Waals surface area contributed by atoms with Crippen LogP contribution in [0.5, 0.6) is 0 Å². The standard InChI is InChI=1S/C10H12N2O/c11-8-6-9(13)12-10(8)7-4-2-1-3-5-7/h1-5,8,10H,6,11H2,(H,12,13)/t8-,10?/m0/s1. The lowest BCUT2D eigenvalue weighted by Gasteiger charge is -2.14. The van der Waals surface area contributed by atoms with Crippen LogP contribution in [0.4, 0.5) is 0 Å².